The first-order chi connectivity index (χ1) is 22.1. The normalized spacial score (nSPS) is 18.4. The lowest BCUT2D eigenvalue weighted by molar-refractivity contribution is 0.578. The maximum absolute atomic E-state index is 2.58. The molecule has 0 N–H and O–H groups in total. The highest BCUT2D eigenvalue weighted by Crippen LogP contribution is 2.57. The third-order valence-corrected chi connectivity index (χ3v) is 13.7. The number of hydrogen-bond acceptors (Lipinski definition) is 1. The van der Waals surface area contributed by atoms with Gasteiger partial charge in [0.2, 0.25) is 0 Å². The average molecular weight is 613 g/mol. The molecule has 0 spiro atoms. The van der Waals surface area contributed by atoms with Gasteiger partial charge in [-0.3, -0.25) is 0 Å². The van der Waals surface area contributed by atoms with Crippen LogP contribution in [0.5, 0.6) is 0 Å². The molecule has 0 saturated heterocycles. The predicted octanol–water partition coefficient (Wildman–Crippen LogP) is 11.2. The van der Waals surface area contributed by atoms with Crippen molar-refractivity contribution in [2.75, 3.05) is 6.26 Å². The summed E-state index contributed by atoms with van der Waals surface area (Å²) < 4.78 is 0. The molecular formula is C43H33PS. The van der Waals surface area contributed by atoms with Gasteiger partial charge >= 0.3 is 0 Å². The fourth-order valence-corrected chi connectivity index (χ4v) is 12.2. The molecule has 0 nitrogen and oxygen atoms in total. The van der Waals surface area contributed by atoms with E-state index in [0.717, 1.165) is 6.42 Å². The van der Waals surface area contributed by atoms with Gasteiger partial charge in [0.1, 0.15) is 0 Å². The summed E-state index contributed by atoms with van der Waals surface area (Å²) in [6, 6.07) is 50.2. The zero-order valence-corrected chi connectivity index (χ0v) is 27.2. The van der Waals surface area contributed by atoms with Gasteiger partial charge in [0.05, 0.1) is 0 Å². The molecule has 2 heteroatoms. The number of rotatable bonds is 5. The molecule has 7 aromatic carbocycles. The smallest absolute Gasteiger partial charge is 0.0130 e. The van der Waals surface area contributed by atoms with Crippen LogP contribution in [-0.2, 0) is 5.41 Å². The number of thioether (sulfide) groups is 1. The highest BCUT2D eigenvalue weighted by atomic mass is 32.2. The minimum Gasteiger partial charge on any atom is -0.129 e. The molecule has 0 aliphatic heterocycles. The molecule has 45 heavy (non-hydrogen) atoms. The lowest BCUT2D eigenvalue weighted by Crippen LogP contribution is -2.25. The van der Waals surface area contributed by atoms with Crippen molar-refractivity contribution in [2.24, 2.45) is 0 Å². The molecule has 0 aromatic heterocycles. The Morgan fingerprint density at radius 2 is 1.13 bits per heavy atom. The molecule has 0 heterocycles. The summed E-state index contributed by atoms with van der Waals surface area (Å²) in [5.74, 6) is 0. The van der Waals surface area contributed by atoms with Crippen LogP contribution in [0.25, 0.3) is 54.6 Å². The van der Waals surface area contributed by atoms with Gasteiger partial charge in [-0.25, -0.2) is 0 Å². The summed E-state index contributed by atoms with van der Waals surface area (Å²) >= 11 is 1.90. The Balaban J connectivity index is 1.23. The SMILES string of the molecule is CSc1cc2c3c(cccc3c1[C@]1(C)C=CC(P(c3cccc4ccccc34)c3cccc4ccccc34)C1)-c1ccccc1-2. The zero-order valence-electron chi connectivity index (χ0n) is 25.5. The predicted molar refractivity (Wildman–Crippen MR) is 199 cm³/mol. The maximum atomic E-state index is 2.58. The van der Waals surface area contributed by atoms with E-state index in [9.17, 15) is 0 Å². The van der Waals surface area contributed by atoms with E-state index in [1.807, 2.05) is 11.8 Å². The summed E-state index contributed by atoms with van der Waals surface area (Å²) in [4.78, 5) is 1.40. The van der Waals surface area contributed by atoms with Crippen LogP contribution >= 0.6 is 19.7 Å². The first-order valence-corrected chi connectivity index (χ1v) is 18.5. The summed E-state index contributed by atoms with van der Waals surface area (Å²) in [6.45, 7) is 2.50. The molecule has 2 aliphatic carbocycles. The Kier molecular flexibility index (Phi) is 6.31. The van der Waals surface area contributed by atoms with Crippen molar-refractivity contribution in [3.8, 4) is 22.3 Å². The molecule has 216 valence electrons. The number of benzene rings is 7. The molecule has 1 unspecified atom stereocenters. The fraction of sp³-hybridized carbons (Fsp3) is 0.116. The van der Waals surface area contributed by atoms with Gasteiger partial charge in [-0.1, -0.05) is 146 Å². The van der Waals surface area contributed by atoms with E-state index in [1.165, 1.54) is 75.6 Å². The number of hydrogen-bond donors (Lipinski definition) is 0. The largest absolute Gasteiger partial charge is 0.129 e. The first kappa shape index (κ1) is 27.2. The van der Waals surface area contributed by atoms with Crippen LogP contribution in [0, 0.1) is 0 Å². The van der Waals surface area contributed by atoms with E-state index in [0.29, 0.717) is 5.66 Å². The second-order valence-corrected chi connectivity index (χ2v) is 15.9. The van der Waals surface area contributed by atoms with Crippen LogP contribution in [0.15, 0.2) is 151 Å². The Labute approximate surface area is 270 Å². The van der Waals surface area contributed by atoms with Crippen LogP contribution in [-0.4, -0.2) is 11.9 Å². The minimum atomic E-state index is -0.689. The summed E-state index contributed by atoms with van der Waals surface area (Å²) in [6.07, 6.45) is 8.48. The van der Waals surface area contributed by atoms with Crippen molar-refractivity contribution >= 4 is 62.6 Å². The van der Waals surface area contributed by atoms with Gasteiger partial charge in [-0.05, 0) is 97.4 Å². The number of fused-ring (bicyclic) bond motifs is 5. The third-order valence-electron chi connectivity index (χ3n) is 10.1. The Morgan fingerprint density at radius 3 is 1.80 bits per heavy atom. The standard InChI is InChI=1S/C43H33PS/c1-43(42-36-21-11-20-35-33-18-7-8-19-34(33)37(41(35)36)26-40(42)45-2)25-24-30(27-43)44(38-22-9-14-28-12-3-5-16-31(28)38)39-23-10-15-29-13-4-6-17-32(29)39/h3-26,30H,27H2,1-2H3/t30?,43-/m1/s1. The first-order valence-electron chi connectivity index (χ1n) is 15.8. The lowest BCUT2D eigenvalue weighted by atomic mass is 9.78. The van der Waals surface area contributed by atoms with Crippen LogP contribution < -0.4 is 10.6 Å². The average Bonchev–Trinajstić information content (AvgIpc) is 3.64. The maximum Gasteiger partial charge on any atom is 0.0130 e. The topological polar surface area (TPSA) is 0 Å². The van der Waals surface area contributed by atoms with Crippen LogP contribution in [0.2, 0.25) is 0 Å². The quantitative estimate of drug-likeness (QED) is 0.106. The molecule has 0 saturated carbocycles. The van der Waals surface area contributed by atoms with Crippen LogP contribution in [0.1, 0.15) is 18.9 Å². The third kappa shape index (κ3) is 4.11. The van der Waals surface area contributed by atoms with E-state index < -0.39 is 7.92 Å². The minimum absolute atomic E-state index is 0.0787. The lowest BCUT2D eigenvalue weighted by Gasteiger charge is -2.32. The summed E-state index contributed by atoms with van der Waals surface area (Å²) in [5, 5.41) is 11.2. The molecule has 2 aliphatic rings. The van der Waals surface area contributed by atoms with Crippen molar-refractivity contribution in [1.82, 2.24) is 0 Å². The highest BCUT2D eigenvalue weighted by Gasteiger charge is 2.40. The molecule has 0 amide bonds. The summed E-state index contributed by atoms with van der Waals surface area (Å²) in [5.41, 5.74) is 7.33. The molecule has 9 rings (SSSR count). The van der Waals surface area contributed by atoms with Crippen molar-refractivity contribution in [3.05, 3.63) is 151 Å². The second-order valence-electron chi connectivity index (χ2n) is 12.7. The van der Waals surface area contributed by atoms with Crippen molar-refractivity contribution in [2.45, 2.75) is 29.3 Å². The van der Waals surface area contributed by atoms with Gasteiger partial charge < -0.3 is 0 Å². The molecule has 0 bridgehead atoms. The number of allylic oxidation sites excluding steroid dienone is 2. The second kappa shape index (κ2) is 10.4. The van der Waals surface area contributed by atoms with E-state index >= 15 is 0 Å². The molecule has 7 aromatic rings. The zero-order chi connectivity index (χ0) is 30.1. The van der Waals surface area contributed by atoms with Crippen molar-refractivity contribution in [3.63, 3.8) is 0 Å². The van der Waals surface area contributed by atoms with Gasteiger partial charge in [-0.15, -0.1) is 11.8 Å². The van der Waals surface area contributed by atoms with Crippen LogP contribution in [0.3, 0.4) is 0 Å². The van der Waals surface area contributed by atoms with E-state index in [4.69, 9.17) is 0 Å². The van der Waals surface area contributed by atoms with Crippen molar-refractivity contribution in [1.29, 1.82) is 0 Å². The monoisotopic (exact) mass is 612 g/mol. The fourth-order valence-electron chi connectivity index (χ4n) is 8.18. The van der Waals surface area contributed by atoms with Gasteiger partial charge in [0.15, 0.2) is 0 Å². The van der Waals surface area contributed by atoms with E-state index in [1.54, 1.807) is 0 Å². The highest BCUT2D eigenvalue weighted by molar-refractivity contribution is 7.98. The van der Waals surface area contributed by atoms with E-state index in [-0.39, 0.29) is 5.41 Å². The Hall–Kier alpha value is -4.16. The molecule has 0 radical (unpaired) electrons. The Morgan fingerprint density at radius 1 is 0.600 bits per heavy atom. The molecule has 2 atom stereocenters. The Bertz CT molecular complexity index is 2240. The van der Waals surface area contributed by atoms with Gasteiger partial charge in [-0.2, -0.15) is 0 Å². The van der Waals surface area contributed by atoms with Crippen molar-refractivity contribution < 1.29 is 0 Å². The summed E-state index contributed by atoms with van der Waals surface area (Å²) in [7, 11) is -0.689. The van der Waals surface area contributed by atoms with Crippen LogP contribution in [0.4, 0.5) is 0 Å². The molecular weight excluding hydrogens is 580 g/mol. The van der Waals surface area contributed by atoms with E-state index in [2.05, 4.69) is 159 Å². The molecule has 0 fully saturated rings. The van der Waals surface area contributed by atoms with Gasteiger partial charge in [0.25, 0.3) is 0 Å². The van der Waals surface area contributed by atoms with Gasteiger partial charge in [0, 0.05) is 16.0 Å².